The molecule has 4 heteroatoms. The first kappa shape index (κ1) is 9.72. The van der Waals surface area contributed by atoms with Crippen molar-refractivity contribution in [3.8, 4) is 0 Å². The molecule has 3 nitrogen and oxygen atoms in total. The highest BCUT2D eigenvalue weighted by Crippen LogP contribution is 1.93. The third-order valence-electron chi connectivity index (χ3n) is 1.35. The summed E-state index contributed by atoms with van der Waals surface area (Å²) in [5, 5.41) is 2.57. The van der Waals surface area contributed by atoms with Gasteiger partial charge in [0.1, 0.15) is 0 Å². The quantitative estimate of drug-likeness (QED) is 0.455. The Morgan fingerprint density at radius 1 is 1.70 bits per heavy atom. The predicted octanol–water partition coefficient (Wildman–Crippen LogP) is -0.0986. The Kier molecular flexibility index (Phi) is 5.35. The molecule has 0 aliphatic rings. The zero-order chi connectivity index (χ0) is 7.98. The molecule has 1 atom stereocenters. The summed E-state index contributed by atoms with van der Waals surface area (Å²) in [4.78, 5) is 11.9. The third-order valence-corrected chi connectivity index (χ3v) is 1.70. The number of nitrogens with zero attached hydrogens (tertiary/aromatic N) is 1. The number of alkyl halides is 1. The van der Waals surface area contributed by atoms with Gasteiger partial charge in [-0.15, -0.1) is 11.6 Å². The van der Waals surface area contributed by atoms with E-state index in [-0.39, 0.29) is 6.04 Å². The molecule has 0 aromatic rings. The van der Waals surface area contributed by atoms with Gasteiger partial charge in [-0.2, -0.15) is 0 Å². The Hall–Kier alpha value is -0.280. The number of carbonyl (C=O) groups is 1. The van der Waals surface area contributed by atoms with E-state index in [1.54, 1.807) is 0 Å². The number of rotatable bonds is 5. The molecule has 60 valence electrons. The van der Waals surface area contributed by atoms with E-state index in [1.807, 2.05) is 19.0 Å². The van der Waals surface area contributed by atoms with Gasteiger partial charge in [0.15, 0.2) is 0 Å². The van der Waals surface area contributed by atoms with Crippen molar-refractivity contribution in [1.29, 1.82) is 0 Å². The van der Waals surface area contributed by atoms with Gasteiger partial charge in [-0.25, -0.2) is 0 Å². The van der Waals surface area contributed by atoms with Gasteiger partial charge in [-0.1, -0.05) is 0 Å². The van der Waals surface area contributed by atoms with E-state index in [4.69, 9.17) is 11.6 Å². The van der Waals surface area contributed by atoms with Crippen LogP contribution < -0.4 is 5.32 Å². The first-order chi connectivity index (χ1) is 4.72. The van der Waals surface area contributed by atoms with E-state index in [0.29, 0.717) is 18.8 Å². The van der Waals surface area contributed by atoms with Gasteiger partial charge < -0.3 is 10.2 Å². The van der Waals surface area contributed by atoms with Crippen LogP contribution >= 0.6 is 11.6 Å². The van der Waals surface area contributed by atoms with Crippen molar-refractivity contribution in [1.82, 2.24) is 10.2 Å². The number of hydrogen-bond donors (Lipinski definition) is 1. The van der Waals surface area contributed by atoms with E-state index < -0.39 is 0 Å². The predicted molar refractivity (Wildman–Crippen MR) is 42.3 cm³/mol. The second-order valence-corrected chi connectivity index (χ2v) is 2.61. The molecule has 1 unspecified atom stereocenters. The van der Waals surface area contributed by atoms with Crippen LogP contribution in [-0.2, 0) is 4.79 Å². The summed E-state index contributed by atoms with van der Waals surface area (Å²) >= 11 is 5.60. The second-order valence-electron chi connectivity index (χ2n) is 2.30. The molecule has 10 heavy (non-hydrogen) atoms. The number of likely N-dealkylation sites (N-methyl/N-ethyl adjacent to an activating group) is 1. The molecule has 0 aromatic carbocycles. The minimum Gasteiger partial charge on any atom is -0.357 e. The summed E-state index contributed by atoms with van der Waals surface area (Å²) in [5.74, 6) is 0.536. The molecule has 1 N–H and O–H groups in total. The first-order valence-corrected chi connectivity index (χ1v) is 3.65. The lowest BCUT2D eigenvalue weighted by Gasteiger charge is -2.20. The summed E-state index contributed by atoms with van der Waals surface area (Å²) < 4.78 is 0. The second kappa shape index (κ2) is 5.50. The van der Waals surface area contributed by atoms with E-state index in [1.165, 1.54) is 0 Å². The average Bonchev–Trinajstić information content (AvgIpc) is 1.89. The van der Waals surface area contributed by atoms with Gasteiger partial charge in [0, 0.05) is 18.5 Å². The lowest BCUT2D eigenvalue weighted by Crippen LogP contribution is -2.38. The summed E-state index contributed by atoms with van der Waals surface area (Å²) in [6, 6.07) is 0.229. The molecular weight excluding hydrogens is 152 g/mol. The maximum absolute atomic E-state index is 9.88. The molecule has 0 bridgehead atoms. The van der Waals surface area contributed by atoms with Crippen molar-refractivity contribution in [3.63, 3.8) is 0 Å². The van der Waals surface area contributed by atoms with Crippen molar-refractivity contribution in [2.75, 3.05) is 26.5 Å². The van der Waals surface area contributed by atoms with Gasteiger partial charge in [0.05, 0.1) is 0 Å². The number of halogens is 1. The molecule has 0 saturated heterocycles. The largest absolute Gasteiger partial charge is 0.357 e. The molecule has 0 aliphatic carbocycles. The van der Waals surface area contributed by atoms with E-state index in [0.717, 1.165) is 0 Å². The van der Waals surface area contributed by atoms with Crippen molar-refractivity contribution in [3.05, 3.63) is 0 Å². The lowest BCUT2D eigenvalue weighted by atomic mass is 10.3. The molecule has 0 aliphatic heterocycles. The standard InChI is InChI=1S/C6H13ClN2O/c1-9(2)6(3-7)4-8-5-10/h5-6H,3-4H2,1-2H3,(H,8,10). The number of hydrogen-bond acceptors (Lipinski definition) is 2. The average molecular weight is 165 g/mol. The summed E-state index contributed by atoms with van der Waals surface area (Å²) in [6.45, 7) is 0.611. The Morgan fingerprint density at radius 3 is 2.60 bits per heavy atom. The highest BCUT2D eigenvalue weighted by molar-refractivity contribution is 6.18. The van der Waals surface area contributed by atoms with Crippen LogP contribution in [0.4, 0.5) is 0 Å². The lowest BCUT2D eigenvalue weighted by molar-refractivity contribution is -0.109. The van der Waals surface area contributed by atoms with E-state index >= 15 is 0 Å². The van der Waals surface area contributed by atoms with Gasteiger partial charge in [0.25, 0.3) is 0 Å². The van der Waals surface area contributed by atoms with E-state index in [9.17, 15) is 4.79 Å². The van der Waals surface area contributed by atoms with Crippen LogP contribution in [-0.4, -0.2) is 43.9 Å². The number of carbonyl (C=O) groups excluding carboxylic acids is 1. The summed E-state index contributed by atoms with van der Waals surface area (Å²) in [6.07, 6.45) is 0.684. The smallest absolute Gasteiger partial charge is 0.207 e. The highest BCUT2D eigenvalue weighted by Gasteiger charge is 2.07. The maximum Gasteiger partial charge on any atom is 0.207 e. The van der Waals surface area contributed by atoms with Crippen LogP contribution in [0.1, 0.15) is 0 Å². The van der Waals surface area contributed by atoms with Crippen molar-refractivity contribution in [2.24, 2.45) is 0 Å². The highest BCUT2D eigenvalue weighted by atomic mass is 35.5. The Labute approximate surface area is 66.3 Å². The van der Waals surface area contributed by atoms with E-state index in [2.05, 4.69) is 5.32 Å². The monoisotopic (exact) mass is 164 g/mol. The van der Waals surface area contributed by atoms with Crippen molar-refractivity contribution >= 4 is 18.0 Å². The van der Waals surface area contributed by atoms with Crippen LogP contribution in [0.3, 0.4) is 0 Å². The third kappa shape index (κ3) is 3.69. The Morgan fingerprint density at radius 2 is 2.30 bits per heavy atom. The normalized spacial score (nSPS) is 13.2. The zero-order valence-corrected chi connectivity index (χ0v) is 7.06. The Balaban J connectivity index is 3.49. The molecule has 0 heterocycles. The van der Waals surface area contributed by atoms with Gasteiger partial charge in [-0.3, -0.25) is 4.79 Å². The van der Waals surface area contributed by atoms with Gasteiger partial charge in [-0.05, 0) is 14.1 Å². The van der Waals surface area contributed by atoms with Gasteiger partial charge in [0.2, 0.25) is 6.41 Å². The summed E-state index contributed by atoms with van der Waals surface area (Å²) in [7, 11) is 3.86. The molecule has 0 spiro atoms. The van der Waals surface area contributed by atoms with Crippen LogP contribution in [0.2, 0.25) is 0 Å². The fraction of sp³-hybridized carbons (Fsp3) is 0.833. The maximum atomic E-state index is 9.88. The molecule has 0 radical (unpaired) electrons. The van der Waals surface area contributed by atoms with Crippen molar-refractivity contribution in [2.45, 2.75) is 6.04 Å². The number of amides is 1. The SMILES string of the molecule is CN(C)C(CCl)CNC=O. The minimum atomic E-state index is 0.229. The van der Waals surface area contributed by atoms with Crippen LogP contribution in [0, 0.1) is 0 Å². The van der Waals surface area contributed by atoms with Crippen LogP contribution in [0.15, 0.2) is 0 Å². The van der Waals surface area contributed by atoms with Gasteiger partial charge >= 0.3 is 0 Å². The van der Waals surface area contributed by atoms with Crippen LogP contribution in [0.5, 0.6) is 0 Å². The van der Waals surface area contributed by atoms with Crippen LogP contribution in [0.25, 0.3) is 0 Å². The molecule has 0 rings (SSSR count). The molecule has 0 saturated carbocycles. The molecule has 0 fully saturated rings. The summed E-state index contributed by atoms with van der Waals surface area (Å²) in [5.41, 5.74) is 0. The molecule has 1 amide bonds. The minimum absolute atomic E-state index is 0.229. The topological polar surface area (TPSA) is 32.3 Å². The fourth-order valence-corrected chi connectivity index (χ4v) is 0.944. The first-order valence-electron chi connectivity index (χ1n) is 3.11. The molecular formula is C6H13ClN2O. The van der Waals surface area contributed by atoms with Crippen molar-refractivity contribution < 1.29 is 4.79 Å². The number of nitrogens with one attached hydrogen (secondary N) is 1. The zero-order valence-electron chi connectivity index (χ0n) is 6.30. The Bertz CT molecular complexity index is 97.7. The molecule has 0 aromatic heterocycles. The fourth-order valence-electron chi connectivity index (χ4n) is 0.559.